The SMILES string of the molecule is CC1CCNC(c2cccc(Cl)c2)C(C)S1(=O)=O. The predicted octanol–water partition coefficient (Wildman–Crippen LogP) is 2.57. The molecule has 3 atom stereocenters. The van der Waals surface area contributed by atoms with E-state index in [2.05, 4.69) is 5.32 Å². The van der Waals surface area contributed by atoms with E-state index in [-0.39, 0.29) is 11.3 Å². The zero-order valence-electron chi connectivity index (χ0n) is 10.6. The summed E-state index contributed by atoms with van der Waals surface area (Å²) in [6, 6.07) is 7.22. The summed E-state index contributed by atoms with van der Waals surface area (Å²) in [4.78, 5) is 0. The van der Waals surface area contributed by atoms with E-state index in [9.17, 15) is 8.42 Å². The van der Waals surface area contributed by atoms with Gasteiger partial charge in [-0.05, 0) is 44.5 Å². The van der Waals surface area contributed by atoms with Gasteiger partial charge in [-0.3, -0.25) is 0 Å². The van der Waals surface area contributed by atoms with Crippen LogP contribution in [-0.4, -0.2) is 25.5 Å². The minimum atomic E-state index is -3.09. The maximum Gasteiger partial charge on any atom is 0.157 e. The molecule has 0 spiro atoms. The predicted molar refractivity (Wildman–Crippen MR) is 74.7 cm³/mol. The van der Waals surface area contributed by atoms with Crippen LogP contribution in [0.1, 0.15) is 31.9 Å². The van der Waals surface area contributed by atoms with Crippen LogP contribution in [-0.2, 0) is 9.84 Å². The number of hydrogen-bond donors (Lipinski definition) is 1. The van der Waals surface area contributed by atoms with E-state index in [1.807, 2.05) is 18.2 Å². The topological polar surface area (TPSA) is 46.2 Å². The second-order valence-electron chi connectivity index (χ2n) is 4.88. The molecule has 1 aromatic rings. The molecule has 3 nitrogen and oxygen atoms in total. The highest BCUT2D eigenvalue weighted by molar-refractivity contribution is 7.92. The van der Waals surface area contributed by atoms with Gasteiger partial charge in [0.1, 0.15) is 0 Å². The first-order chi connectivity index (χ1) is 8.43. The Labute approximate surface area is 113 Å². The van der Waals surface area contributed by atoms with Crippen molar-refractivity contribution < 1.29 is 8.42 Å². The van der Waals surface area contributed by atoms with Gasteiger partial charge in [0.2, 0.25) is 0 Å². The van der Waals surface area contributed by atoms with Crippen LogP contribution in [0.25, 0.3) is 0 Å². The molecular formula is C13H18ClNO2S. The first-order valence-corrected chi connectivity index (χ1v) is 8.13. The van der Waals surface area contributed by atoms with Crippen LogP contribution in [0.2, 0.25) is 5.02 Å². The molecular weight excluding hydrogens is 270 g/mol. The monoisotopic (exact) mass is 287 g/mol. The minimum Gasteiger partial charge on any atom is -0.309 e. The fraction of sp³-hybridized carbons (Fsp3) is 0.538. The fourth-order valence-corrected chi connectivity index (χ4v) is 4.43. The normalized spacial score (nSPS) is 31.8. The third-order valence-electron chi connectivity index (χ3n) is 3.67. The van der Waals surface area contributed by atoms with Gasteiger partial charge in [0, 0.05) is 11.1 Å². The highest BCUT2D eigenvalue weighted by Crippen LogP contribution is 2.29. The Morgan fingerprint density at radius 3 is 2.72 bits per heavy atom. The lowest BCUT2D eigenvalue weighted by atomic mass is 10.0. The Hall–Kier alpha value is -0.580. The van der Waals surface area contributed by atoms with E-state index in [1.54, 1.807) is 19.9 Å². The molecule has 1 aromatic carbocycles. The van der Waals surface area contributed by atoms with Gasteiger partial charge in [-0.1, -0.05) is 23.7 Å². The van der Waals surface area contributed by atoms with Crippen molar-refractivity contribution in [3.05, 3.63) is 34.9 Å². The molecule has 1 heterocycles. The number of sulfone groups is 1. The molecule has 0 saturated carbocycles. The van der Waals surface area contributed by atoms with Crippen LogP contribution < -0.4 is 5.32 Å². The van der Waals surface area contributed by atoms with Gasteiger partial charge >= 0.3 is 0 Å². The van der Waals surface area contributed by atoms with Crippen molar-refractivity contribution in [2.45, 2.75) is 36.8 Å². The lowest BCUT2D eigenvalue weighted by Crippen LogP contribution is -2.34. The van der Waals surface area contributed by atoms with Crippen molar-refractivity contribution >= 4 is 21.4 Å². The van der Waals surface area contributed by atoms with E-state index >= 15 is 0 Å². The second kappa shape index (κ2) is 5.19. The van der Waals surface area contributed by atoms with Crippen LogP contribution in [0.4, 0.5) is 0 Å². The van der Waals surface area contributed by atoms with Crippen LogP contribution in [0.3, 0.4) is 0 Å². The lowest BCUT2D eigenvalue weighted by molar-refractivity contribution is 0.520. The van der Waals surface area contributed by atoms with Crippen molar-refractivity contribution in [2.24, 2.45) is 0 Å². The summed E-state index contributed by atoms with van der Waals surface area (Å²) >= 11 is 5.98. The molecule has 0 bridgehead atoms. The van der Waals surface area contributed by atoms with Crippen molar-refractivity contribution in [2.75, 3.05) is 6.54 Å². The molecule has 0 radical (unpaired) electrons. The molecule has 1 N–H and O–H groups in total. The summed E-state index contributed by atoms with van der Waals surface area (Å²) in [5.74, 6) is 0. The lowest BCUT2D eigenvalue weighted by Gasteiger charge is -2.23. The van der Waals surface area contributed by atoms with E-state index in [4.69, 9.17) is 11.6 Å². The average Bonchev–Trinajstić information content (AvgIpc) is 2.41. The smallest absolute Gasteiger partial charge is 0.157 e. The Kier molecular flexibility index (Phi) is 3.99. The van der Waals surface area contributed by atoms with Gasteiger partial charge < -0.3 is 5.32 Å². The van der Waals surface area contributed by atoms with Crippen molar-refractivity contribution in [1.29, 1.82) is 0 Å². The molecule has 2 rings (SSSR count). The summed E-state index contributed by atoms with van der Waals surface area (Å²) in [5.41, 5.74) is 0.938. The maximum absolute atomic E-state index is 12.3. The van der Waals surface area contributed by atoms with Gasteiger partial charge in [-0.25, -0.2) is 8.42 Å². The van der Waals surface area contributed by atoms with Gasteiger partial charge in [-0.2, -0.15) is 0 Å². The van der Waals surface area contributed by atoms with Gasteiger partial charge in [0.25, 0.3) is 0 Å². The zero-order valence-corrected chi connectivity index (χ0v) is 12.1. The first-order valence-electron chi connectivity index (χ1n) is 6.14. The van der Waals surface area contributed by atoms with Crippen molar-refractivity contribution in [3.63, 3.8) is 0 Å². The molecule has 1 fully saturated rings. The molecule has 0 amide bonds. The van der Waals surface area contributed by atoms with E-state index in [0.717, 1.165) is 5.56 Å². The van der Waals surface area contributed by atoms with Crippen LogP contribution in [0.15, 0.2) is 24.3 Å². The summed E-state index contributed by atoms with van der Waals surface area (Å²) in [6.07, 6.45) is 0.656. The van der Waals surface area contributed by atoms with E-state index in [1.165, 1.54) is 0 Å². The van der Waals surface area contributed by atoms with Crippen molar-refractivity contribution in [3.8, 4) is 0 Å². The Morgan fingerprint density at radius 1 is 1.33 bits per heavy atom. The summed E-state index contributed by atoms with van der Waals surface area (Å²) < 4.78 is 24.7. The standard InChI is InChI=1S/C13H18ClNO2S/c1-9-6-7-15-13(10(2)18(9,16)17)11-4-3-5-12(14)8-11/h3-5,8-10,13,15H,6-7H2,1-2H3. The van der Waals surface area contributed by atoms with E-state index in [0.29, 0.717) is 18.0 Å². The third kappa shape index (κ3) is 2.56. The van der Waals surface area contributed by atoms with Crippen molar-refractivity contribution in [1.82, 2.24) is 5.32 Å². The van der Waals surface area contributed by atoms with Crippen LogP contribution >= 0.6 is 11.6 Å². The quantitative estimate of drug-likeness (QED) is 0.863. The van der Waals surface area contributed by atoms with E-state index < -0.39 is 15.1 Å². The molecule has 100 valence electrons. The molecule has 5 heteroatoms. The molecule has 1 aliphatic heterocycles. The minimum absolute atomic E-state index is 0.182. The maximum atomic E-state index is 12.3. The van der Waals surface area contributed by atoms with Crippen LogP contribution in [0, 0.1) is 0 Å². The number of nitrogens with one attached hydrogen (secondary N) is 1. The Balaban J connectivity index is 2.39. The van der Waals surface area contributed by atoms with Gasteiger partial charge in [0.05, 0.1) is 10.5 Å². The summed E-state index contributed by atoms with van der Waals surface area (Å²) in [7, 11) is -3.09. The molecule has 18 heavy (non-hydrogen) atoms. The number of benzene rings is 1. The largest absolute Gasteiger partial charge is 0.309 e. The third-order valence-corrected chi connectivity index (χ3v) is 6.57. The zero-order chi connectivity index (χ0) is 13.3. The molecule has 1 saturated heterocycles. The molecule has 1 aliphatic rings. The van der Waals surface area contributed by atoms with Gasteiger partial charge in [-0.15, -0.1) is 0 Å². The molecule has 0 aliphatic carbocycles. The highest BCUT2D eigenvalue weighted by atomic mass is 35.5. The first kappa shape index (κ1) is 13.8. The molecule has 0 aromatic heterocycles. The van der Waals surface area contributed by atoms with Gasteiger partial charge in [0.15, 0.2) is 9.84 Å². The number of rotatable bonds is 1. The Morgan fingerprint density at radius 2 is 2.06 bits per heavy atom. The fourth-order valence-electron chi connectivity index (χ4n) is 2.42. The number of hydrogen-bond acceptors (Lipinski definition) is 3. The number of halogens is 1. The second-order valence-corrected chi connectivity index (χ2v) is 8.04. The van der Waals surface area contributed by atoms with Crippen LogP contribution in [0.5, 0.6) is 0 Å². The summed E-state index contributed by atoms with van der Waals surface area (Å²) in [5, 5.41) is 3.23. The molecule has 3 unspecified atom stereocenters. The summed E-state index contributed by atoms with van der Waals surface area (Å²) in [6.45, 7) is 4.27. The Bertz CT molecular complexity index is 530. The highest BCUT2D eigenvalue weighted by Gasteiger charge is 2.36. The average molecular weight is 288 g/mol.